The van der Waals surface area contributed by atoms with Crippen LogP contribution in [0.15, 0.2) is 18.3 Å². The lowest BCUT2D eigenvalue weighted by Crippen LogP contribution is -2.40. The maximum absolute atomic E-state index is 11.7. The first-order chi connectivity index (χ1) is 7.98. The zero-order chi connectivity index (χ0) is 12.9. The van der Waals surface area contributed by atoms with Gasteiger partial charge >= 0.3 is 0 Å². The fraction of sp³-hybridized carbons (Fsp3) is 0.500. The van der Waals surface area contributed by atoms with Crippen molar-refractivity contribution in [1.82, 2.24) is 10.3 Å². The number of aromatic nitrogens is 1. The first kappa shape index (κ1) is 13.4. The lowest BCUT2D eigenvalue weighted by atomic mass is 10.0. The molecule has 1 aromatic heterocycles. The Morgan fingerprint density at radius 3 is 2.76 bits per heavy atom. The van der Waals surface area contributed by atoms with Gasteiger partial charge in [-0.3, -0.25) is 4.79 Å². The van der Waals surface area contributed by atoms with E-state index in [0.717, 1.165) is 0 Å². The second-order valence-electron chi connectivity index (χ2n) is 4.12. The van der Waals surface area contributed by atoms with Gasteiger partial charge in [-0.05, 0) is 19.4 Å². The van der Waals surface area contributed by atoms with Crippen molar-refractivity contribution in [2.24, 2.45) is 0 Å². The van der Waals surface area contributed by atoms with E-state index in [2.05, 4.69) is 10.3 Å². The molecular formula is C12H18N2O3. The summed E-state index contributed by atoms with van der Waals surface area (Å²) in [4.78, 5) is 15.6. The van der Waals surface area contributed by atoms with E-state index >= 15 is 0 Å². The molecule has 5 heteroatoms. The van der Waals surface area contributed by atoms with Crippen LogP contribution in [0.5, 0.6) is 5.88 Å². The van der Waals surface area contributed by atoms with Crippen LogP contribution in [0, 0.1) is 0 Å². The van der Waals surface area contributed by atoms with Gasteiger partial charge in [0.2, 0.25) is 5.88 Å². The van der Waals surface area contributed by atoms with E-state index < -0.39 is 5.60 Å². The second kappa shape index (κ2) is 5.63. The van der Waals surface area contributed by atoms with Crippen molar-refractivity contribution in [3.8, 4) is 5.88 Å². The summed E-state index contributed by atoms with van der Waals surface area (Å²) >= 11 is 0. The molecule has 94 valence electrons. The van der Waals surface area contributed by atoms with Crippen LogP contribution in [0.1, 0.15) is 30.6 Å². The Balaban J connectivity index is 2.58. The van der Waals surface area contributed by atoms with E-state index in [1.54, 1.807) is 19.1 Å². The number of pyridine rings is 1. The Morgan fingerprint density at radius 2 is 2.29 bits per heavy atom. The van der Waals surface area contributed by atoms with Crippen molar-refractivity contribution >= 4 is 5.91 Å². The molecule has 0 fully saturated rings. The summed E-state index contributed by atoms with van der Waals surface area (Å²) in [5.74, 6) is 0.205. The molecule has 0 saturated heterocycles. The van der Waals surface area contributed by atoms with Crippen LogP contribution in [0.2, 0.25) is 0 Å². The predicted molar refractivity (Wildman–Crippen MR) is 64.0 cm³/mol. The van der Waals surface area contributed by atoms with Gasteiger partial charge in [0.25, 0.3) is 5.91 Å². The molecule has 0 aromatic carbocycles. The van der Waals surface area contributed by atoms with Crippen LogP contribution in [-0.2, 0) is 0 Å². The fourth-order valence-electron chi connectivity index (χ4n) is 1.13. The standard InChI is InChI=1S/C12H18N2O3/c1-4-12(2,16)8-14-11(15)9-5-6-10(17-3)13-7-9/h5-7,16H,4,8H2,1-3H3,(H,14,15). The molecule has 0 bridgehead atoms. The van der Waals surface area contributed by atoms with E-state index in [1.807, 2.05) is 6.92 Å². The molecule has 2 N–H and O–H groups in total. The molecule has 0 saturated carbocycles. The summed E-state index contributed by atoms with van der Waals surface area (Å²) < 4.78 is 4.90. The Labute approximate surface area is 101 Å². The topological polar surface area (TPSA) is 71.5 Å². The molecule has 0 aliphatic rings. The van der Waals surface area contributed by atoms with Crippen LogP contribution in [0.4, 0.5) is 0 Å². The molecule has 1 aromatic rings. The summed E-state index contributed by atoms with van der Waals surface area (Å²) in [7, 11) is 1.51. The van der Waals surface area contributed by atoms with Gasteiger partial charge in [0.15, 0.2) is 0 Å². The number of hydrogen-bond donors (Lipinski definition) is 2. The molecule has 0 aliphatic heterocycles. The number of aliphatic hydroxyl groups is 1. The molecule has 1 amide bonds. The van der Waals surface area contributed by atoms with Crippen LogP contribution in [-0.4, -0.2) is 35.3 Å². The van der Waals surface area contributed by atoms with Gasteiger partial charge in [-0.2, -0.15) is 0 Å². The lowest BCUT2D eigenvalue weighted by Gasteiger charge is -2.21. The molecule has 1 rings (SSSR count). The normalized spacial score (nSPS) is 13.9. The summed E-state index contributed by atoms with van der Waals surface area (Å²) in [6, 6.07) is 3.24. The molecular weight excluding hydrogens is 220 g/mol. The number of amides is 1. The van der Waals surface area contributed by atoms with Crippen LogP contribution < -0.4 is 10.1 Å². The molecule has 1 heterocycles. The number of hydrogen-bond acceptors (Lipinski definition) is 4. The smallest absolute Gasteiger partial charge is 0.252 e. The van der Waals surface area contributed by atoms with Crippen LogP contribution in [0.3, 0.4) is 0 Å². The lowest BCUT2D eigenvalue weighted by molar-refractivity contribution is 0.0518. The zero-order valence-electron chi connectivity index (χ0n) is 10.4. The third-order valence-corrected chi connectivity index (χ3v) is 2.60. The summed E-state index contributed by atoms with van der Waals surface area (Å²) in [5, 5.41) is 12.4. The predicted octanol–water partition coefficient (Wildman–Crippen LogP) is 0.981. The maximum atomic E-state index is 11.7. The third kappa shape index (κ3) is 4.03. The van der Waals surface area contributed by atoms with Crippen molar-refractivity contribution in [2.45, 2.75) is 25.9 Å². The highest BCUT2D eigenvalue weighted by Gasteiger charge is 2.18. The second-order valence-corrected chi connectivity index (χ2v) is 4.12. The number of carbonyl (C=O) groups is 1. The summed E-state index contributed by atoms with van der Waals surface area (Å²) in [6.45, 7) is 3.76. The fourth-order valence-corrected chi connectivity index (χ4v) is 1.13. The van der Waals surface area contributed by atoms with E-state index in [9.17, 15) is 9.90 Å². The Hall–Kier alpha value is -1.62. The third-order valence-electron chi connectivity index (χ3n) is 2.60. The monoisotopic (exact) mass is 238 g/mol. The van der Waals surface area contributed by atoms with Gasteiger partial charge in [-0.1, -0.05) is 6.92 Å². The Bertz CT molecular complexity index is 374. The van der Waals surface area contributed by atoms with Crippen molar-refractivity contribution in [1.29, 1.82) is 0 Å². The van der Waals surface area contributed by atoms with Crippen LogP contribution >= 0.6 is 0 Å². The first-order valence-corrected chi connectivity index (χ1v) is 5.49. The minimum atomic E-state index is -0.879. The Kier molecular flexibility index (Phi) is 4.45. The van der Waals surface area contributed by atoms with Crippen molar-refractivity contribution in [3.05, 3.63) is 23.9 Å². The first-order valence-electron chi connectivity index (χ1n) is 5.49. The van der Waals surface area contributed by atoms with Gasteiger partial charge in [0.05, 0.1) is 18.3 Å². The number of rotatable bonds is 5. The molecule has 17 heavy (non-hydrogen) atoms. The average Bonchev–Trinajstić information content (AvgIpc) is 2.36. The highest BCUT2D eigenvalue weighted by atomic mass is 16.5. The number of nitrogens with zero attached hydrogens (tertiary/aromatic N) is 1. The van der Waals surface area contributed by atoms with Crippen molar-refractivity contribution in [3.63, 3.8) is 0 Å². The van der Waals surface area contributed by atoms with E-state index in [4.69, 9.17) is 4.74 Å². The minimum Gasteiger partial charge on any atom is -0.481 e. The van der Waals surface area contributed by atoms with E-state index in [-0.39, 0.29) is 12.5 Å². The summed E-state index contributed by atoms with van der Waals surface area (Å²) in [5.41, 5.74) is -0.437. The van der Waals surface area contributed by atoms with Gasteiger partial charge < -0.3 is 15.2 Å². The zero-order valence-corrected chi connectivity index (χ0v) is 10.4. The van der Waals surface area contributed by atoms with E-state index in [1.165, 1.54) is 13.3 Å². The highest BCUT2D eigenvalue weighted by Crippen LogP contribution is 2.08. The highest BCUT2D eigenvalue weighted by molar-refractivity contribution is 5.93. The molecule has 5 nitrogen and oxygen atoms in total. The molecule has 0 spiro atoms. The maximum Gasteiger partial charge on any atom is 0.252 e. The van der Waals surface area contributed by atoms with Crippen LogP contribution in [0.25, 0.3) is 0 Å². The van der Waals surface area contributed by atoms with E-state index in [0.29, 0.717) is 17.9 Å². The average molecular weight is 238 g/mol. The van der Waals surface area contributed by atoms with Crippen molar-refractivity contribution in [2.75, 3.05) is 13.7 Å². The summed E-state index contributed by atoms with van der Waals surface area (Å²) in [6.07, 6.45) is 2.02. The number of nitrogens with one attached hydrogen (secondary N) is 1. The number of carbonyl (C=O) groups excluding carboxylic acids is 1. The van der Waals surface area contributed by atoms with Gasteiger partial charge in [-0.15, -0.1) is 0 Å². The quantitative estimate of drug-likeness (QED) is 0.802. The number of methoxy groups -OCH3 is 1. The molecule has 0 aliphatic carbocycles. The Morgan fingerprint density at radius 1 is 1.59 bits per heavy atom. The largest absolute Gasteiger partial charge is 0.481 e. The van der Waals surface area contributed by atoms with Gasteiger partial charge in [0.1, 0.15) is 0 Å². The van der Waals surface area contributed by atoms with Gasteiger partial charge in [0, 0.05) is 18.8 Å². The van der Waals surface area contributed by atoms with Crippen molar-refractivity contribution < 1.29 is 14.6 Å². The molecule has 1 unspecified atom stereocenters. The molecule has 0 radical (unpaired) electrons. The number of ether oxygens (including phenoxy) is 1. The molecule has 1 atom stereocenters. The minimum absolute atomic E-state index is 0.217. The van der Waals surface area contributed by atoms with Gasteiger partial charge in [-0.25, -0.2) is 4.98 Å². The SMILES string of the molecule is CCC(C)(O)CNC(=O)c1ccc(OC)nc1.